The fourth-order valence-corrected chi connectivity index (χ4v) is 4.67. The Morgan fingerprint density at radius 3 is 2.87 bits per heavy atom. The molecule has 5 heterocycles. The van der Waals surface area contributed by atoms with Crippen molar-refractivity contribution in [1.82, 2.24) is 39.2 Å². The van der Waals surface area contributed by atoms with Crippen molar-refractivity contribution in [3.05, 3.63) is 84.2 Å². The summed E-state index contributed by atoms with van der Waals surface area (Å²) in [6.07, 6.45) is 14.3. The summed E-state index contributed by atoms with van der Waals surface area (Å²) in [6, 6.07) is 7.02. The fourth-order valence-electron chi connectivity index (χ4n) is 4.67. The number of nitrogens with one attached hydrogen (secondary N) is 1. The molecule has 0 bridgehead atoms. The van der Waals surface area contributed by atoms with Crippen molar-refractivity contribution in [2.24, 2.45) is 5.92 Å². The molecule has 0 aromatic carbocycles. The minimum absolute atomic E-state index is 0.0664. The number of ether oxygens (including phenoxy) is 1. The van der Waals surface area contributed by atoms with Crippen LogP contribution in [0.4, 0.5) is 4.39 Å². The number of imidazole rings is 1. The zero-order valence-electron chi connectivity index (χ0n) is 20.9. The number of aromatic nitrogens is 7. The number of nitrogens with zero attached hydrogens (tertiary/aromatic N) is 7. The lowest BCUT2D eigenvalue weighted by Crippen LogP contribution is -2.26. The fraction of sp³-hybridized carbons (Fsp3) is 0.296. The first kappa shape index (κ1) is 24.0. The number of halogens is 1. The van der Waals surface area contributed by atoms with Crippen LogP contribution in [0.15, 0.2) is 61.4 Å². The predicted molar refractivity (Wildman–Crippen MR) is 137 cm³/mol. The maximum absolute atomic E-state index is 13.9. The summed E-state index contributed by atoms with van der Waals surface area (Å²) >= 11 is 0. The molecule has 1 fully saturated rings. The number of pyridine rings is 2. The molecule has 6 rings (SSSR count). The lowest BCUT2D eigenvalue weighted by atomic mass is 9.85. The van der Waals surface area contributed by atoms with Crippen molar-refractivity contribution in [2.45, 2.75) is 32.4 Å². The van der Waals surface area contributed by atoms with Crippen LogP contribution in [0.1, 0.15) is 41.0 Å². The van der Waals surface area contributed by atoms with Gasteiger partial charge in [0.25, 0.3) is 0 Å². The molecule has 11 heteroatoms. The summed E-state index contributed by atoms with van der Waals surface area (Å²) in [5.74, 6) is -0.361. The first-order valence-corrected chi connectivity index (χ1v) is 12.5. The van der Waals surface area contributed by atoms with Crippen molar-refractivity contribution in [3.8, 4) is 16.9 Å². The zero-order chi connectivity index (χ0) is 26.1. The summed E-state index contributed by atoms with van der Waals surface area (Å²) in [7, 11) is 1.25. The van der Waals surface area contributed by atoms with E-state index in [1.165, 1.54) is 48.9 Å². The first-order valence-electron chi connectivity index (χ1n) is 12.5. The van der Waals surface area contributed by atoms with Crippen LogP contribution in [0.3, 0.4) is 0 Å². The molecule has 0 spiro atoms. The van der Waals surface area contributed by atoms with Gasteiger partial charge in [-0.15, -0.1) is 5.10 Å². The van der Waals surface area contributed by atoms with Crippen molar-refractivity contribution in [3.63, 3.8) is 0 Å². The second-order valence-electron chi connectivity index (χ2n) is 9.60. The predicted octanol–water partition coefficient (Wildman–Crippen LogP) is 3.64. The van der Waals surface area contributed by atoms with Crippen LogP contribution in [-0.2, 0) is 17.8 Å². The third-order valence-corrected chi connectivity index (χ3v) is 6.89. The van der Waals surface area contributed by atoms with Gasteiger partial charge in [-0.25, -0.2) is 18.9 Å². The van der Waals surface area contributed by atoms with E-state index >= 15 is 0 Å². The van der Waals surface area contributed by atoms with Crippen LogP contribution < -0.4 is 5.32 Å². The Morgan fingerprint density at radius 2 is 2.05 bits per heavy atom. The molecule has 0 atom stereocenters. The van der Waals surface area contributed by atoms with E-state index in [0.29, 0.717) is 23.5 Å². The molecule has 5 aromatic heterocycles. The maximum Gasteiger partial charge on any atom is 0.355 e. The summed E-state index contributed by atoms with van der Waals surface area (Å²) < 4.78 is 23.8. The monoisotopic (exact) mass is 514 g/mol. The number of rotatable bonds is 9. The molecule has 1 N–H and O–H groups in total. The van der Waals surface area contributed by atoms with Crippen LogP contribution in [0, 0.1) is 11.7 Å². The SMILES string of the molecule is COC(=O)c1cc(F)cn1-c1cncc(-c2cn(Cc3cn4cc(CNCC5CCC5)ccc4n3)nn2)c1. The van der Waals surface area contributed by atoms with Crippen LogP contribution in [0.2, 0.25) is 0 Å². The van der Waals surface area contributed by atoms with Gasteiger partial charge in [-0.2, -0.15) is 0 Å². The molecule has 0 radical (unpaired) electrons. The average molecular weight is 515 g/mol. The van der Waals surface area contributed by atoms with E-state index in [1.807, 2.05) is 16.7 Å². The van der Waals surface area contributed by atoms with Crippen molar-refractivity contribution < 1.29 is 13.9 Å². The Bertz CT molecular complexity index is 1600. The van der Waals surface area contributed by atoms with Crippen molar-refractivity contribution in [1.29, 1.82) is 0 Å². The molecule has 38 heavy (non-hydrogen) atoms. The number of carbonyl (C=O) groups is 1. The second kappa shape index (κ2) is 10.2. The van der Waals surface area contributed by atoms with E-state index in [-0.39, 0.29) is 5.69 Å². The molecule has 0 unspecified atom stereocenters. The van der Waals surface area contributed by atoms with Crippen LogP contribution in [0.5, 0.6) is 0 Å². The number of carbonyl (C=O) groups excluding carboxylic acids is 1. The van der Waals surface area contributed by atoms with Gasteiger partial charge in [0.1, 0.15) is 22.9 Å². The van der Waals surface area contributed by atoms with Crippen LogP contribution >= 0.6 is 0 Å². The minimum Gasteiger partial charge on any atom is -0.464 e. The van der Waals surface area contributed by atoms with Gasteiger partial charge in [0.05, 0.1) is 37.4 Å². The molecule has 1 aliphatic rings. The van der Waals surface area contributed by atoms with Crippen molar-refractivity contribution in [2.75, 3.05) is 13.7 Å². The Balaban J connectivity index is 1.17. The third-order valence-electron chi connectivity index (χ3n) is 6.89. The molecule has 5 aromatic rings. The van der Waals surface area contributed by atoms with E-state index in [9.17, 15) is 9.18 Å². The highest BCUT2D eigenvalue weighted by atomic mass is 19.1. The molecule has 0 saturated heterocycles. The molecule has 194 valence electrons. The zero-order valence-corrected chi connectivity index (χ0v) is 20.9. The molecule has 0 amide bonds. The van der Waals surface area contributed by atoms with Gasteiger partial charge >= 0.3 is 5.97 Å². The highest BCUT2D eigenvalue weighted by Crippen LogP contribution is 2.25. The van der Waals surface area contributed by atoms with Gasteiger partial charge in [-0.1, -0.05) is 17.7 Å². The highest BCUT2D eigenvalue weighted by molar-refractivity contribution is 5.88. The van der Waals surface area contributed by atoms with E-state index in [2.05, 4.69) is 32.9 Å². The van der Waals surface area contributed by atoms with E-state index in [4.69, 9.17) is 9.72 Å². The lowest BCUT2D eigenvalue weighted by Gasteiger charge is -2.25. The standard InChI is InChI=1S/C27H27FN8O2/c1-38-27(37)25-8-21(28)14-36(25)23-7-20(11-30-12-23)24-17-35(33-32-24)16-22-15-34-13-19(5-6-26(34)31-22)10-29-9-18-3-2-4-18/h5-8,11-15,17-18,29H,2-4,9-10,16H2,1H3. The Morgan fingerprint density at radius 1 is 1.16 bits per heavy atom. The van der Waals surface area contributed by atoms with E-state index < -0.39 is 11.8 Å². The molecule has 1 aliphatic carbocycles. The number of methoxy groups -OCH3 is 1. The maximum atomic E-state index is 13.9. The summed E-state index contributed by atoms with van der Waals surface area (Å²) in [5, 5.41) is 12.1. The lowest BCUT2D eigenvalue weighted by molar-refractivity contribution is 0.0591. The number of hydrogen-bond acceptors (Lipinski definition) is 7. The molecular weight excluding hydrogens is 487 g/mol. The Labute approximate surface area is 218 Å². The minimum atomic E-state index is -0.644. The number of hydrogen-bond donors (Lipinski definition) is 1. The summed E-state index contributed by atoms with van der Waals surface area (Å²) in [4.78, 5) is 21.0. The number of esters is 1. The molecule has 10 nitrogen and oxygen atoms in total. The van der Waals surface area contributed by atoms with Gasteiger partial charge in [-0.3, -0.25) is 4.98 Å². The van der Waals surface area contributed by atoms with Gasteiger partial charge in [0, 0.05) is 43.0 Å². The normalized spacial score (nSPS) is 13.6. The first-order chi connectivity index (χ1) is 18.6. The average Bonchev–Trinajstić information content (AvgIpc) is 3.63. The van der Waals surface area contributed by atoms with Gasteiger partial charge in [-0.05, 0) is 43.0 Å². The van der Waals surface area contributed by atoms with Gasteiger partial charge in [0.15, 0.2) is 0 Å². The van der Waals surface area contributed by atoms with E-state index in [1.54, 1.807) is 23.1 Å². The summed E-state index contributed by atoms with van der Waals surface area (Å²) in [5.41, 5.74) is 4.78. The Hall–Kier alpha value is -4.38. The van der Waals surface area contributed by atoms with Crippen molar-refractivity contribution >= 4 is 11.6 Å². The van der Waals surface area contributed by atoms with Crippen LogP contribution in [0.25, 0.3) is 22.6 Å². The third kappa shape index (κ3) is 4.92. The van der Waals surface area contributed by atoms with Gasteiger partial charge in [0.2, 0.25) is 0 Å². The molecule has 1 saturated carbocycles. The second-order valence-corrected chi connectivity index (χ2v) is 9.60. The molecule has 0 aliphatic heterocycles. The van der Waals surface area contributed by atoms with Gasteiger partial charge < -0.3 is 19.0 Å². The summed E-state index contributed by atoms with van der Waals surface area (Å²) in [6.45, 7) is 2.37. The number of fused-ring (bicyclic) bond motifs is 1. The Kier molecular flexibility index (Phi) is 6.42. The largest absolute Gasteiger partial charge is 0.464 e. The molecular formula is C27H27FN8O2. The highest BCUT2D eigenvalue weighted by Gasteiger charge is 2.18. The van der Waals surface area contributed by atoms with Crippen LogP contribution in [-0.4, -0.2) is 53.6 Å². The topological polar surface area (TPSA) is 104 Å². The smallest absolute Gasteiger partial charge is 0.355 e. The van der Waals surface area contributed by atoms with E-state index in [0.717, 1.165) is 36.4 Å². The quantitative estimate of drug-likeness (QED) is 0.300.